The van der Waals surface area contributed by atoms with Crippen LogP contribution in [0.2, 0.25) is 0 Å². The lowest BCUT2D eigenvalue weighted by atomic mass is 10.1. The Morgan fingerprint density at radius 3 is 2.95 bits per heavy atom. The quantitative estimate of drug-likeness (QED) is 0.760. The fourth-order valence-corrected chi connectivity index (χ4v) is 1.49. The summed E-state index contributed by atoms with van der Waals surface area (Å²) in [7, 11) is 1.76. The lowest BCUT2D eigenvalue weighted by molar-refractivity contribution is -0.122. The Bertz CT molecular complexity index is 483. The number of amides is 1. The second-order valence-corrected chi connectivity index (χ2v) is 3.96. The minimum absolute atomic E-state index is 0.0838. The Balaban J connectivity index is 2.72. The van der Waals surface area contributed by atoms with Gasteiger partial charge in [-0.1, -0.05) is 5.92 Å². The first-order chi connectivity index (χ1) is 9.08. The van der Waals surface area contributed by atoms with Gasteiger partial charge in [0.2, 0.25) is 0 Å². The third-order valence-corrected chi connectivity index (χ3v) is 2.62. The first-order valence-corrected chi connectivity index (χ1v) is 5.88. The summed E-state index contributed by atoms with van der Waals surface area (Å²) in [6.45, 7) is 1.88. The summed E-state index contributed by atoms with van der Waals surface area (Å²) in [6, 6.07) is 4.10. The SMILES string of the molecule is C#CCNC(=O)COc1ccc(F)cc1C(C)NC. The van der Waals surface area contributed by atoms with Crippen molar-refractivity contribution in [2.24, 2.45) is 0 Å². The maximum atomic E-state index is 13.2. The molecule has 0 saturated heterocycles. The standard InChI is InChI=1S/C14H17FN2O2/c1-4-7-17-14(18)9-19-13-6-5-11(15)8-12(13)10(2)16-3/h1,5-6,8,10,16H,7,9H2,2-3H3,(H,17,18). The van der Waals surface area contributed by atoms with Crippen LogP contribution in [0.5, 0.6) is 5.75 Å². The van der Waals surface area contributed by atoms with E-state index in [0.29, 0.717) is 11.3 Å². The normalized spacial score (nSPS) is 11.5. The lowest BCUT2D eigenvalue weighted by Gasteiger charge is -2.16. The van der Waals surface area contributed by atoms with E-state index in [1.807, 2.05) is 6.92 Å². The lowest BCUT2D eigenvalue weighted by Crippen LogP contribution is -2.29. The Hall–Kier alpha value is -2.06. The maximum absolute atomic E-state index is 13.2. The number of terminal acetylenes is 1. The van der Waals surface area contributed by atoms with Crippen molar-refractivity contribution in [3.8, 4) is 18.1 Å². The molecule has 0 spiro atoms. The molecular formula is C14H17FN2O2. The molecule has 102 valence electrons. The molecule has 1 aromatic rings. The third-order valence-electron chi connectivity index (χ3n) is 2.62. The van der Waals surface area contributed by atoms with Gasteiger partial charge >= 0.3 is 0 Å². The molecule has 0 heterocycles. The molecule has 0 aliphatic heterocycles. The van der Waals surface area contributed by atoms with Crippen molar-refractivity contribution in [2.45, 2.75) is 13.0 Å². The van der Waals surface area contributed by atoms with E-state index in [0.717, 1.165) is 0 Å². The molecule has 1 unspecified atom stereocenters. The summed E-state index contributed by atoms with van der Waals surface area (Å²) in [4.78, 5) is 11.4. The molecule has 0 radical (unpaired) electrons. The van der Waals surface area contributed by atoms with Gasteiger partial charge in [0.15, 0.2) is 6.61 Å². The molecule has 0 bridgehead atoms. The molecule has 0 aliphatic carbocycles. The Labute approximate surface area is 112 Å². The van der Waals surface area contributed by atoms with Crippen molar-refractivity contribution in [3.05, 3.63) is 29.6 Å². The fraction of sp³-hybridized carbons (Fsp3) is 0.357. The van der Waals surface area contributed by atoms with E-state index in [2.05, 4.69) is 16.6 Å². The number of rotatable bonds is 6. The summed E-state index contributed by atoms with van der Waals surface area (Å²) < 4.78 is 18.6. The zero-order valence-electron chi connectivity index (χ0n) is 11.0. The fourth-order valence-electron chi connectivity index (χ4n) is 1.49. The van der Waals surface area contributed by atoms with Gasteiger partial charge in [-0.15, -0.1) is 6.42 Å². The number of halogens is 1. The van der Waals surface area contributed by atoms with Gasteiger partial charge in [-0.3, -0.25) is 4.79 Å². The zero-order chi connectivity index (χ0) is 14.3. The summed E-state index contributed by atoms with van der Waals surface area (Å²) >= 11 is 0. The molecule has 2 N–H and O–H groups in total. The van der Waals surface area contributed by atoms with E-state index < -0.39 is 0 Å². The van der Waals surface area contributed by atoms with Gasteiger partial charge in [0.25, 0.3) is 5.91 Å². The molecule has 4 nitrogen and oxygen atoms in total. The maximum Gasteiger partial charge on any atom is 0.258 e. The highest BCUT2D eigenvalue weighted by Gasteiger charge is 2.12. The first kappa shape index (κ1) is 15.0. The van der Waals surface area contributed by atoms with Gasteiger partial charge < -0.3 is 15.4 Å². The summed E-state index contributed by atoms with van der Waals surface area (Å²) in [5.74, 6) is 2.11. The highest BCUT2D eigenvalue weighted by molar-refractivity contribution is 5.77. The number of hydrogen-bond acceptors (Lipinski definition) is 3. The third kappa shape index (κ3) is 4.60. The minimum Gasteiger partial charge on any atom is -0.483 e. The van der Waals surface area contributed by atoms with Crippen molar-refractivity contribution in [3.63, 3.8) is 0 Å². The number of carbonyl (C=O) groups is 1. The van der Waals surface area contributed by atoms with Crippen LogP contribution in [0.3, 0.4) is 0 Å². The average Bonchev–Trinajstić information content (AvgIpc) is 2.42. The van der Waals surface area contributed by atoms with Crippen LogP contribution in [0, 0.1) is 18.2 Å². The second kappa shape index (κ2) is 7.39. The van der Waals surface area contributed by atoms with E-state index in [4.69, 9.17) is 11.2 Å². The van der Waals surface area contributed by atoms with Gasteiger partial charge in [-0.2, -0.15) is 0 Å². The molecule has 0 saturated carbocycles. The topological polar surface area (TPSA) is 50.4 Å². The van der Waals surface area contributed by atoms with E-state index in [1.165, 1.54) is 18.2 Å². The second-order valence-electron chi connectivity index (χ2n) is 3.96. The van der Waals surface area contributed by atoms with Crippen molar-refractivity contribution in [1.29, 1.82) is 0 Å². The number of benzene rings is 1. The van der Waals surface area contributed by atoms with Gasteiger partial charge in [0.1, 0.15) is 11.6 Å². The van der Waals surface area contributed by atoms with Crippen molar-refractivity contribution in [2.75, 3.05) is 20.2 Å². The monoisotopic (exact) mass is 264 g/mol. The van der Waals surface area contributed by atoms with Crippen LogP contribution in [-0.2, 0) is 4.79 Å². The molecule has 1 aromatic carbocycles. The predicted octanol–water partition coefficient (Wildman–Crippen LogP) is 1.23. The van der Waals surface area contributed by atoms with Crippen LogP contribution < -0.4 is 15.4 Å². The van der Waals surface area contributed by atoms with E-state index in [-0.39, 0.29) is 30.9 Å². The average molecular weight is 264 g/mol. The van der Waals surface area contributed by atoms with Crippen LogP contribution in [-0.4, -0.2) is 26.1 Å². The number of hydrogen-bond donors (Lipinski definition) is 2. The minimum atomic E-state index is -0.346. The van der Waals surface area contributed by atoms with Crippen molar-refractivity contribution < 1.29 is 13.9 Å². The molecule has 0 aromatic heterocycles. The Kier molecular flexibility index (Phi) is 5.83. The van der Waals surface area contributed by atoms with Crippen LogP contribution in [0.4, 0.5) is 4.39 Å². The summed E-state index contributed by atoms with van der Waals surface area (Å²) in [5.41, 5.74) is 0.659. The molecule has 19 heavy (non-hydrogen) atoms. The number of ether oxygens (including phenoxy) is 1. The molecule has 0 aliphatic rings. The van der Waals surface area contributed by atoms with Gasteiger partial charge in [0.05, 0.1) is 6.54 Å². The zero-order valence-corrected chi connectivity index (χ0v) is 11.0. The smallest absolute Gasteiger partial charge is 0.258 e. The van der Waals surface area contributed by atoms with Gasteiger partial charge in [-0.25, -0.2) is 4.39 Å². The van der Waals surface area contributed by atoms with Crippen LogP contribution in [0.25, 0.3) is 0 Å². The van der Waals surface area contributed by atoms with E-state index in [9.17, 15) is 9.18 Å². The van der Waals surface area contributed by atoms with E-state index in [1.54, 1.807) is 7.05 Å². The summed E-state index contributed by atoms with van der Waals surface area (Å²) in [5, 5.41) is 5.48. The van der Waals surface area contributed by atoms with Crippen molar-refractivity contribution >= 4 is 5.91 Å². The molecule has 5 heteroatoms. The van der Waals surface area contributed by atoms with Crippen LogP contribution >= 0.6 is 0 Å². The van der Waals surface area contributed by atoms with E-state index >= 15 is 0 Å². The highest BCUT2D eigenvalue weighted by atomic mass is 19.1. The molecular weight excluding hydrogens is 247 g/mol. The number of carbonyl (C=O) groups excluding carboxylic acids is 1. The molecule has 1 atom stereocenters. The molecule has 0 fully saturated rings. The predicted molar refractivity (Wildman–Crippen MR) is 71.2 cm³/mol. The van der Waals surface area contributed by atoms with Gasteiger partial charge in [-0.05, 0) is 32.2 Å². The number of nitrogens with one attached hydrogen (secondary N) is 2. The first-order valence-electron chi connectivity index (χ1n) is 5.88. The molecule has 1 rings (SSSR count). The highest BCUT2D eigenvalue weighted by Crippen LogP contribution is 2.25. The Morgan fingerprint density at radius 1 is 1.58 bits per heavy atom. The summed E-state index contributed by atoms with van der Waals surface area (Å²) in [6.07, 6.45) is 5.03. The molecule has 1 amide bonds. The van der Waals surface area contributed by atoms with Crippen LogP contribution in [0.15, 0.2) is 18.2 Å². The largest absolute Gasteiger partial charge is 0.483 e. The van der Waals surface area contributed by atoms with Crippen LogP contribution in [0.1, 0.15) is 18.5 Å². The Morgan fingerprint density at radius 2 is 2.32 bits per heavy atom. The van der Waals surface area contributed by atoms with Crippen molar-refractivity contribution in [1.82, 2.24) is 10.6 Å². The van der Waals surface area contributed by atoms with Gasteiger partial charge in [0, 0.05) is 11.6 Å².